The van der Waals surface area contributed by atoms with E-state index in [1.54, 1.807) is 19.1 Å². The maximum atomic E-state index is 13.9. The Kier molecular flexibility index (Phi) is 8.76. The number of sulfonamides is 1. The maximum Gasteiger partial charge on any atom is 0.339 e. The summed E-state index contributed by atoms with van der Waals surface area (Å²) in [5.74, 6) is -2.03. The lowest BCUT2D eigenvalue weighted by Gasteiger charge is -2.24. The van der Waals surface area contributed by atoms with Gasteiger partial charge in [-0.05, 0) is 73.8 Å². The van der Waals surface area contributed by atoms with E-state index in [4.69, 9.17) is 16.3 Å². The molecule has 0 saturated carbocycles. The van der Waals surface area contributed by atoms with Gasteiger partial charge in [0.2, 0.25) is 5.91 Å². The lowest BCUT2D eigenvalue weighted by molar-refractivity contribution is -0.114. The third-order valence-corrected chi connectivity index (χ3v) is 7.64. The summed E-state index contributed by atoms with van der Waals surface area (Å²) in [5, 5.41) is 2.69. The molecule has 0 spiro atoms. The van der Waals surface area contributed by atoms with Crippen molar-refractivity contribution >= 4 is 56.6 Å². The average Bonchev–Trinajstić information content (AvgIpc) is 2.83. The number of nitrogens with zero attached hydrogens (tertiary/aromatic N) is 1. The van der Waals surface area contributed by atoms with E-state index in [-0.39, 0.29) is 33.5 Å². The monoisotopic (exact) mass is 536 g/mol. The summed E-state index contributed by atoms with van der Waals surface area (Å²) in [6.45, 7) is 1.14. The summed E-state index contributed by atoms with van der Waals surface area (Å²) in [5.41, 5.74) is 0.246. The van der Waals surface area contributed by atoms with Gasteiger partial charge >= 0.3 is 5.97 Å². The van der Waals surface area contributed by atoms with Gasteiger partial charge in [-0.2, -0.15) is 0 Å². The molecule has 184 valence electrons. The molecule has 1 amide bonds. The number of thioether (sulfide) groups is 1. The van der Waals surface area contributed by atoms with Crippen LogP contribution >= 0.6 is 23.4 Å². The van der Waals surface area contributed by atoms with Crippen LogP contribution in [0.4, 0.5) is 15.8 Å². The van der Waals surface area contributed by atoms with Gasteiger partial charge in [-0.1, -0.05) is 17.7 Å². The summed E-state index contributed by atoms with van der Waals surface area (Å²) >= 11 is 7.50. The summed E-state index contributed by atoms with van der Waals surface area (Å²) in [6, 6.07) is 15.3. The molecule has 0 atom stereocenters. The van der Waals surface area contributed by atoms with Crippen molar-refractivity contribution in [3.63, 3.8) is 0 Å². The van der Waals surface area contributed by atoms with Crippen molar-refractivity contribution in [2.75, 3.05) is 29.0 Å². The van der Waals surface area contributed by atoms with E-state index in [9.17, 15) is 22.4 Å². The van der Waals surface area contributed by atoms with Gasteiger partial charge in [-0.15, -0.1) is 11.8 Å². The number of nitrogens with one attached hydrogen (secondary N) is 1. The van der Waals surface area contributed by atoms with E-state index in [0.717, 1.165) is 15.3 Å². The third kappa shape index (κ3) is 6.53. The molecule has 0 saturated heterocycles. The number of carbonyl (C=O) groups excluding carboxylic acids is 2. The number of halogens is 2. The summed E-state index contributed by atoms with van der Waals surface area (Å²) < 4.78 is 46.6. The molecule has 3 aromatic rings. The lowest BCUT2D eigenvalue weighted by atomic mass is 10.2. The molecule has 0 aliphatic rings. The number of amides is 1. The Labute approximate surface area is 212 Å². The van der Waals surface area contributed by atoms with Crippen LogP contribution in [-0.2, 0) is 19.6 Å². The third-order valence-electron chi connectivity index (χ3n) is 4.78. The fourth-order valence-corrected chi connectivity index (χ4v) is 5.14. The molecule has 11 heteroatoms. The van der Waals surface area contributed by atoms with Gasteiger partial charge in [0, 0.05) is 10.6 Å². The molecule has 35 heavy (non-hydrogen) atoms. The zero-order valence-electron chi connectivity index (χ0n) is 18.8. The van der Waals surface area contributed by atoms with Crippen molar-refractivity contribution in [2.45, 2.75) is 16.7 Å². The van der Waals surface area contributed by atoms with Crippen molar-refractivity contribution < 1.29 is 27.1 Å². The van der Waals surface area contributed by atoms with Crippen LogP contribution in [0.25, 0.3) is 0 Å². The minimum atomic E-state index is -4.22. The fraction of sp³-hybridized carbons (Fsp3) is 0.167. The van der Waals surface area contributed by atoms with Gasteiger partial charge in [-0.25, -0.2) is 17.6 Å². The Morgan fingerprint density at radius 1 is 1.09 bits per heavy atom. The molecule has 3 rings (SSSR count). The van der Waals surface area contributed by atoms with Crippen molar-refractivity contribution in [1.29, 1.82) is 0 Å². The first-order chi connectivity index (χ1) is 16.6. The van der Waals surface area contributed by atoms with Gasteiger partial charge in [0.25, 0.3) is 10.0 Å². The van der Waals surface area contributed by atoms with Crippen LogP contribution in [0.2, 0.25) is 5.02 Å². The lowest BCUT2D eigenvalue weighted by Crippen LogP contribution is -2.38. The van der Waals surface area contributed by atoms with Gasteiger partial charge in [-0.3, -0.25) is 9.10 Å². The first kappa shape index (κ1) is 26.5. The second kappa shape index (κ2) is 11.6. The highest BCUT2D eigenvalue weighted by atomic mass is 35.5. The first-order valence-electron chi connectivity index (χ1n) is 10.3. The number of anilines is 2. The number of hydrogen-bond donors (Lipinski definition) is 1. The predicted octanol–water partition coefficient (Wildman–Crippen LogP) is 5.21. The highest BCUT2D eigenvalue weighted by Gasteiger charge is 2.28. The summed E-state index contributed by atoms with van der Waals surface area (Å²) in [4.78, 5) is 25.8. The Morgan fingerprint density at radius 3 is 2.43 bits per heavy atom. The standard InChI is InChI=1S/C24H22ClFN2O5S2/c1-3-33-24(30)21-14-17(7-12-22(21)25)27-23(29)15-28(18-6-4-5-16(26)13-18)35(31,32)20-10-8-19(34-2)9-11-20/h4-14H,3,15H2,1-2H3,(H,27,29). The highest BCUT2D eigenvalue weighted by molar-refractivity contribution is 7.98. The molecule has 0 radical (unpaired) electrons. The number of rotatable bonds is 9. The molecule has 0 aromatic heterocycles. The molecule has 7 nitrogen and oxygen atoms in total. The number of hydrogen-bond acceptors (Lipinski definition) is 6. The van der Waals surface area contributed by atoms with Crippen LogP contribution in [0.1, 0.15) is 17.3 Å². The van der Waals surface area contributed by atoms with Crippen molar-refractivity contribution in [2.24, 2.45) is 0 Å². The molecule has 0 heterocycles. The van der Waals surface area contributed by atoms with E-state index in [2.05, 4.69) is 5.32 Å². The van der Waals surface area contributed by atoms with Gasteiger partial charge in [0.1, 0.15) is 12.4 Å². The van der Waals surface area contributed by atoms with E-state index >= 15 is 0 Å². The van der Waals surface area contributed by atoms with Crippen molar-refractivity contribution in [3.8, 4) is 0 Å². The second-order valence-electron chi connectivity index (χ2n) is 7.13. The quantitative estimate of drug-likeness (QED) is 0.298. The van der Waals surface area contributed by atoms with Crippen LogP contribution in [0.15, 0.2) is 76.5 Å². The van der Waals surface area contributed by atoms with Crippen molar-refractivity contribution in [1.82, 2.24) is 0 Å². The molecule has 0 unspecified atom stereocenters. The van der Waals surface area contributed by atoms with Crippen LogP contribution in [-0.4, -0.2) is 39.7 Å². The summed E-state index contributed by atoms with van der Waals surface area (Å²) in [7, 11) is -4.22. The van der Waals surface area contributed by atoms with Crippen LogP contribution in [0.5, 0.6) is 0 Å². The van der Waals surface area contributed by atoms with Gasteiger partial charge in [0.15, 0.2) is 0 Å². The molecule has 3 aromatic carbocycles. The predicted molar refractivity (Wildman–Crippen MR) is 135 cm³/mol. The molecule has 0 fully saturated rings. The SMILES string of the molecule is CCOC(=O)c1cc(NC(=O)CN(c2cccc(F)c2)S(=O)(=O)c2ccc(SC)cc2)ccc1Cl. The van der Waals surface area contributed by atoms with E-state index in [0.29, 0.717) is 0 Å². The topological polar surface area (TPSA) is 92.8 Å². The Hall–Kier alpha value is -3.08. The minimum Gasteiger partial charge on any atom is -0.462 e. The molecular weight excluding hydrogens is 515 g/mol. The normalized spacial score (nSPS) is 11.1. The van der Waals surface area contributed by atoms with E-state index < -0.39 is 34.3 Å². The molecule has 1 N–H and O–H groups in total. The molecule has 0 aliphatic carbocycles. The number of esters is 1. The number of ether oxygens (including phenoxy) is 1. The highest BCUT2D eigenvalue weighted by Crippen LogP contribution is 2.27. The zero-order chi connectivity index (χ0) is 25.6. The molecule has 0 bridgehead atoms. The zero-order valence-corrected chi connectivity index (χ0v) is 21.2. The van der Waals surface area contributed by atoms with Crippen LogP contribution < -0.4 is 9.62 Å². The van der Waals surface area contributed by atoms with E-state index in [1.807, 2.05) is 6.26 Å². The first-order valence-corrected chi connectivity index (χ1v) is 13.4. The molecule has 0 aliphatic heterocycles. The Bertz CT molecular complexity index is 1330. The van der Waals surface area contributed by atoms with E-state index in [1.165, 1.54) is 60.3 Å². The number of benzene rings is 3. The maximum absolute atomic E-state index is 13.9. The Morgan fingerprint density at radius 2 is 1.80 bits per heavy atom. The number of carbonyl (C=O) groups is 2. The largest absolute Gasteiger partial charge is 0.462 e. The van der Waals surface area contributed by atoms with Crippen LogP contribution in [0.3, 0.4) is 0 Å². The second-order valence-corrected chi connectivity index (χ2v) is 10.3. The van der Waals surface area contributed by atoms with Gasteiger partial charge in [0.05, 0.1) is 27.8 Å². The minimum absolute atomic E-state index is 0.0163. The van der Waals surface area contributed by atoms with Crippen LogP contribution in [0, 0.1) is 5.82 Å². The summed E-state index contributed by atoms with van der Waals surface area (Å²) in [6.07, 6.45) is 1.86. The smallest absolute Gasteiger partial charge is 0.339 e. The fourth-order valence-electron chi connectivity index (χ4n) is 3.12. The average molecular weight is 537 g/mol. The molecular formula is C24H22ClFN2O5S2. The Balaban J connectivity index is 1.92. The van der Waals surface area contributed by atoms with Gasteiger partial charge < -0.3 is 10.1 Å². The van der Waals surface area contributed by atoms with Crippen molar-refractivity contribution in [3.05, 3.63) is 83.1 Å².